The van der Waals surface area contributed by atoms with Gasteiger partial charge in [0.15, 0.2) is 17.5 Å². The molecule has 10 heteroatoms. The van der Waals surface area contributed by atoms with Crippen LogP contribution < -0.4 is 0 Å². The molecule has 7 heterocycles. The third kappa shape index (κ3) is 16.4. The van der Waals surface area contributed by atoms with Crippen LogP contribution in [0.4, 0.5) is 0 Å². The van der Waals surface area contributed by atoms with Gasteiger partial charge in [-0.25, -0.2) is 29.9 Å². The molecule has 0 saturated heterocycles. The summed E-state index contributed by atoms with van der Waals surface area (Å²) in [7, 11) is 0. The summed E-state index contributed by atoms with van der Waals surface area (Å²) in [6, 6.07) is 178. The lowest BCUT2D eigenvalue weighted by atomic mass is 9.97. The number of furan rings is 3. The van der Waals surface area contributed by atoms with Crippen molar-refractivity contribution in [2.75, 3.05) is 0 Å². The smallest absolute Gasteiger partial charge is 0.164 e. The van der Waals surface area contributed by atoms with E-state index < -0.39 is 0 Å². The molecule has 21 aromatic carbocycles. The van der Waals surface area contributed by atoms with Gasteiger partial charge < -0.3 is 13.3 Å². The number of rotatable bonds is 15. The number of benzene rings is 21. The van der Waals surface area contributed by atoms with E-state index in [0.29, 0.717) is 17.5 Å². The van der Waals surface area contributed by atoms with Gasteiger partial charge in [-0.2, -0.15) is 0 Å². The standard InChI is InChI=1S/C46H28N2OS.2C44H28N2O/c1-2-10-29(11-3-1)30-20-24-32(25-21-30)40-28-41(48-46(47-40)39-17-9-15-37-35-12-4-6-18-42(35)49-44(37)39)33-26-22-31(23-27-33)34-14-8-16-38-36-13-5-7-19-43(36)50-45(34)38;1-2-10-29(11-3-1)30-20-24-33(25-21-30)40-28-41(34-26-22-32(23-27-34)36-16-8-13-31-12-4-5-14-35(31)36)46-44(45-40)39-18-9-17-38-37-15-6-7-19-42(37)47-43(38)39;1-2-9-29(10-3-1)31-17-22-33(23-18-31)40-28-41(34-24-19-32(20-25-34)36-26-21-30-11-4-5-12-35(30)27-36)46-44(45-40)39-15-8-14-38-37-13-6-7-16-42(37)47-43(38)39/h1-28H;2*1-28H. The van der Waals surface area contributed by atoms with Crippen LogP contribution in [0.5, 0.6) is 0 Å². The Bertz CT molecular complexity index is 9710. The maximum absolute atomic E-state index is 6.44. The zero-order chi connectivity index (χ0) is 95.3. The lowest BCUT2D eigenvalue weighted by Gasteiger charge is -2.11. The molecule has 0 atom stereocenters. The summed E-state index contributed by atoms with van der Waals surface area (Å²) in [5.74, 6) is 1.90. The van der Waals surface area contributed by atoms with E-state index in [0.717, 1.165) is 156 Å². The van der Waals surface area contributed by atoms with Crippen LogP contribution in [0.25, 0.3) is 276 Å². The van der Waals surface area contributed by atoms with Crippen LogP contribution in [0, 0.1) is 0 Å². The normalized spacial score (nSPS) is 11.5. The van der Waals surface area contributed by atoms with Crippen molar-refractivity contribution in [3.63, 3.8) is 0 Å². The van der Waals surface area contributed by atoms with Gasteiger partial charge in [0.2, 0.25) is 0 Å². The fourth-order valence-electron chi connectivity index (χ4n) is 20.0. The fraction of sp³-hybridized carbons (Fsp3) is 0. The number of hydrogen-bond donors (Lipinski definition) is 0. The Hall–Kier alpha value is -19.0. The van der Waals surface area contributed by atoms with Gasteiger partial charge in [-0.15, -0.1) is 11.3 Å². The number of para-hydroxylation sites is 6. The van der Waals surface area contributed by atoms with Gasteiger partial charge in [-0.1, -0.05) is 443 Å². The molecule has 0 radical (unpaired) electrons. The summed E-state index contributed by atoms with van der Waals surface area (Å²) in [5.41, 5.74) is 33.1. The highest BCUT2D eigenvalue weighted by Crippen LogP contribution is 2.46. The molecule has 0 saturated carbocycles. The molecule has 0 fully saturated rings. The average Bonchev–Trinajstić information content (AvgIpc) is 1.59. The van der Waals surface area contributed by atoms with Crippen molar-refractivity contribution in [1.82, 2.24) is 29.9 Å². The Kier molecular flexibility index (Phi) is 22.0. The highest BCUT2D eigenvalue weighted by atomic mass is 32.1. The van der Waals surface area contributed by atoms with Crippen molar-refractivity contribution >= 4 is 119 Å². The topological polar surface area (TPSA) is 117 Å². The van der Waals surface area contributed by atoms with Crippen molar-refractivity contribution in [2.45, 2.75) is 0 Å². The second kappa shape index (κ2) is 37.1. The quantitative estimate of drug-likeness (QED) is 0.0989. The van der Waals surface area contributed by atoms with Gasteiger partial charge >= 0.3 is 0 Å². The van der Waals surface area contributed by atoms with Crippen molar-refractivity contribution in [1.29, 1.82) is 0 Å². The molecular weight excluding hydrogens is 1770 g/mol. The van der Waals surface area contributed by atoms with Crippen LogP contribution in [-0.4, -0.2) is 29.9 Å². The number of fused-ring (bicyclic) bond motifs is 14. The maximum atomic E-state index is 6.44. The molecule has 0 spiro atoms. The van der Waals surface area contributed by atoms with Gasteiger partial charge in [-0.05, 0) is 155 Å². The van der Waals surface area contributed by atoms with Crippen LogP contribution in [0.1, 0.15) is 0 Å². The Morgan fingerprint density at radius 3 is 0.799 bits per heavy atom. The molecule has 674 valence electrons. The molecule has 0 aliphatic carbocycles. The molecule has 7 aromatic heterocycles. The van der Waals surface area contributed by atoms with E-state index in [1.807, 2.05) is 84.1 Å². The van der Waals surface area contributed by atoms with Crippen molar-refractivity contribution < 1.29 is 13.3 Å². The number of hydrogen-bond acceptors (Lipinski definition) is 10. The second-order valence-corrected chi connectivity index (χ2v) is 37.2. The minimum Gasteiger partial charge on any atom is -0.455 e. The minimum atomic E-state index is 0.632. The zero-order valence-electron chi connectivity index (χ0n) is 77.8. The van der Waals surface area contributed by atoms with Crippen molar-refractivity contribution in [3.8, 4) is 168 Å². The van der Waals surface area contributed by atoms with Gasteiger partial charge in [0.05, 0.1) is 50.9 Å². The average molecular weight is 1860 g/mol. The molecular formula is C134H84N6O3S. The number of nitrogens with zero attached hydrogens (tertiary/aromatic N) is 6. The zero-order valence-corrected chi connectivity index (χ0v) is 78.6. The highest BCUT2D eigenvalue weighted by molar-refractivity contribution is 7.26. The summed E-state index contributed by atoms with van der Waals surface area (Å²) in [6.07, 6.45) is 0. The van der Waals surface area contributed by atoms with E-state index in [4.69, 9.17) is 43.2 Å². The van der Waals surface area contributed by atoms with E-state index in [9.17, 15) is 0 Å². The lowest BCUT2D eigenvalue weighted by molar-refractivity contribution is 0.669. The summed E-state index contributed by atoms with van der Waals surface area (Å²) in [4.78, 5) is 31.0. The van der Waals surface area contributed by atoms with Gasteiger partial charge in [-0.3, -0.25) is 0 Å². The van der Waals surface area contributed by atoms with Crippen LogP contribution in [-0.2, 0) is 0 Å². The molecule has 0 aliphatic heterocycles. The molecule has 144 heavy (non-hydrogen) atoms. The predicted molar refractivity (Wildman–Crippen MR) is 597 cm³/mol. The monoisotopic (exact) mass is 1860 g/mol. The van der Waals surface area contributed by atoms with Gasteiger partial charge in [0.25, 0.3) is 0 Å². The first kappa shape index (κ1) is 85.4. The van der Waals surface area contributed by atoms with Crippen LogP contribution in [0.15, 0.2) is 523 Å². The molecule has 0 N–H and O–H groups in total. The van der Waals surface area contributed by atoms with Crippen LogP contribution in [0.2, 0.25) is 0 Å². The third-order valence-corrected chi connectivity index (χ3v) is 28.6. The fourth-order valence-corrected chi connectivity index (χ4v) is 21.3. The van der Waals surface area contributed by atoms with E-state index in [-0.39, 0.29) is 0 Å². The van der Waals surface area contributed by atoms with Crippen LogP contribution in [0.3, 0.4) is 0 Å². The van der Waals surface area contributed by atoms with E-state index in [2.05, 4.69) is 437 Å². The highest BCUT2D eigenvalue weighted by Gasteiger charge is 2.24. The lowest BCUT2D eigenvalue weighted by Crippen LogP contribution is -1.96. The number of thiophene rings is 1. The largest absolute Gasteiger partial charge is 0.455 e. The minimum absolute atomic E-state index is 0.632. The van der Waals surface area contributed by atoms with E-state index in [1.54, 1.807) is 0 Å². The van der Waals surface area contributed by atoms with Gasteiger partial charge in [0, 0.05) is 85.9 Å². The third-order valence-electron chi connectivity index (χ3n) is 27.4. The van der Waals surface area contributed by atoms with E-state index in [1.165, 1.54) is 103 Å². The van der Waals surface area contributed by atoms with Crippen LogP contribution >= 0.6 is 11.3 Å². The summed E-state index contributed by atoms with van der Waals surface area (Å²) >= 11 is 1.86. The molecule has 0 aliphatic rings. The molecule has 28 rings (SSSR count). The summed E-state index contributed by atoms with van der Waals surface area (Å²) < 4.78 is 21.9. The number of aromatic nitrogens is 6. The Labute approximate surface area is 834 Å². The SMILES string of the molecule is c1ccc(-c2ccc(-c3cc(-c4ccc(-c5ccc6ccccc6c5)cc4)nc(-c4cccc5c4oc4ccccc45)n3)cc2)cc1.c1ccc(-c2ccc(-c3cc(-c4ccc(-c5cccc6c5sc5ccccc56)cc4)nc(-c4cccc5c4oc4ccccc45)n3)cc2)cc1.c1ccc(-c2ccc(-c3cc(-c4ccc(-c5cccc6ccccc56)cc4)nc(-c4cccc5c4oc4ccccc45)n3)cc2)cc1. The second-order valence-electron chi connectivity index (χ2n) is 36.2. The Morgan fingerprint density at radius 1 is 0.146 bits per heavy atom. The molecule has 28 aromatic rings. The first-order valence-corrected chi connectivity index (χ1v) is 49.2. The Morgan fingerprint density at radius 2 is 0.403 bits per heavy atom. The maximum Gasteiger partial charge on any atom is 0.164 e. The van der Waals surface area contributed by atoms with E-state index >= 15 is 0 Å². The first-order valence-electron chi connectivity index (χ1n) is 48.4. The first-order chi connectivity index (χ1) is 71.3. The van der Waals surface area contributed by atoms with Crippen molar-refractivity contribution in [3.05, 3.63) is 510 Å². The summed E-state index contributed by atoms with van der Waals surface area (Å²) in [6.45, 7) is 0. The summed E-state index contributed by atoms with van der Waals surface area (Å²) in [5, 5.41) is 14.0. The molecule has 0 bridgehead atoms. The predicted octanol–water partition coefficient (Wildman–Crippen LogP) is 36.8. The molecule has 9 nitrogen and oxygen atoms in total. The molecule has 0 amide bonds. The molecule has 0 unspecified atom stereocenters. The van der Waals surface area contributed by atoms with Gasteiger partial charge in [0.1, 0.15) is 33.5 Å². The van der Waals surface area contributed by atoms with Crippen molar-refractivity contribution in [2.24, 2.45) is 0 Å². The Balaban J connectivity index is 0.000000110.